The first-order chi connectivity index (χ1) is 13.4. The Bertz CT molecular complexity index is 866. The van der Waals surface area contributed by atoms with Crippen LogP contribution in [0.3, 0.4) is 0 Å². The summed E-state index contributed by atoms with van der Waals surface area (Å²) in [7, 11) is 0. The molecule has 0 aromatic heterocycles. The summed E-state index contributed by atoms with van der Waals surface area (Å²) < 4.78 is 0. The zero-order chi connectivity index (χ0) is 20.9. The molecule has 7 heteroatoms. The molecule has 0 aliphatic heterocycles. The van der Waals surface area contributed by atoms with Crippen LogP contribution in [0.2, 0.25) is 0 Å². The molecular weight excluding hydrogens is 352 g/mol. The normalized spacial score (nSPS) is 21.7. The van der Waals surface area contributed by atoms with Gasteiger partial charge in [-0.2, -0.15) is 21.0 Å². The van der Waals surface area contributed by atoms with Gasteiger partial charge in [0.25, 0.3) is 0 Å². The Labute approximate surface area is 165 Å². The van der Waals surface area contributed by atoms with Gasteiger partial charge in [0.2, 0.25) is 5.91 Å². The molecule has 0 N–H and O–H groups in total. The van der Waals surface area contributed by atoms with Crippen molar-refractivity contribution in [1.29, 1.82) is 21.0 Å². The first-order valence-electron chi connectivity index (χ1n) is 9.17. The van der Waals surface area contributed by atoms with Crippen molar-refractivity contribution in [2.75, 3.05) is 13.1 Å². The van der Waals surface area contributed by atoms with Crippen LogP contribution < -0.4 is 0 Å². The smallest absolute Gasteiger partial charge is 0.234 e. The third-order valence-electron chi connectivity index (χ3n) is 5.66. The van der Waals surface area contributed by atoms with Gasteiger partial charge in [-0.05, 0) is 12.0 Å². The van der Waals surface area contributed by atoms with Gasteiger partial charge >= 0.3 is 0 Å². The molecule has 1 aliphatic carbocycles. The van der Waals surface area contributed by atoms with Gasteiger partial charge in [-0.1, -0.05) is 44.2 Å². The van der Waals surface area contributed by atoms with Crippen LogP contribution in [0.15, 0.2) is 30.3 Å². The lowest BCUT2D eigenvalue weighted by Gasteiger charge is -2.41. The summed E-state index contributed by atoms with van der Waals surface area (Å²) in [4.78, 5) is 12.5. The first kappa shape index (κ1) is 20.9. The Morgan fingerprint density at radius 1 is 1.00 bits per heavy atom. The van der Waals surface area contributed by atoms with Crippen molar-refractivity contribution in [3.05, 3.63) is 35.9 Å². The van der Waals surface area contributed by atoms with Crippen LogP contribution in [0, 0.1) is 56.2 Å². The van der Waals surface area contributed by atoms with Crippen molar-refractivity contribution in [3.63, 3.8) is 0 Å². The molecule has 0 spiro atoms. The quantitative estimate of drug-likeness (QED) is 0.731. The molecule has 142 valence electrons. The van der Waals surface area contributed by atoms with Crippen LogP contribution in [0.5, 0.6) is 0 Å². The number of carbonyl (C=O) groups excluding carboxylic acids is 1. The van der Waals surface area contributed by atoms with E-state index in [2.05, 4.69) is 0 Å². The number of rotatable bonds is 5. The summed E-state index contributed by atoms with van der Waals surface area (Å²) >= 11 is 0. The average Bonchev–Trinajstić information content (AvgIpc) is 3.02. The Balaban J connectivity index is 2.80. The molecule has 0 saturated heterocycles. The predicted molar refractivity (Wildman–Crippen MR) is 100 cm³/mol. The number of hydrogen-bond donors (Lipinski definition) is 0. The molecule has 0 bridgehead atoms. The van der Waals surface area contributed by atoms with Gasteiger partial charge in [0, 0.05) is 25.9 Å². The van der Waals surface area contributed by atoms with Crippen LogP contribution in [-0.4, -0.2) is 35.1 Å². The zero-order valence-corrected chi connectivity index (χ0v) is 16.3. The highest BCUT2D eigenvalue weighted by atomic mass is 16.2. The zero-order valence-electron chi connectivity index (χ0n) is 16.3. The third-order valence-corrected chi connectivity index (χ3v) is 5.66. The second-order valence-electron chi connectivity index (χ2n) is 6.78. The molecule has 1 aliphatic rings. The number of benzene rings is 1. The summed E-state index contributed by atoms with van der Waals surface area (Å²) in [5.74, 6) is -1.01. The van der Waals surface area contributed by atoms with E-state index >= 15 is 0 Å². The van der Waals surface area contributed by atoms with Gasteiger partial charge < -0.3 is 0 Å². The highest BCUT2D eigenvalue weighted by molar-refractivity contribution is 5.74. The second kappa shape index (κ2) is 8.10. The lowest BCUT2D eigenvalue weighted by Crippen LogP contribution is -2.57. The molecule has 2 atom stereocenters. The summed E-state index contributed by atoms with van der Waals surface area (Å²) in [6.07, 6.45) is 0.169. The Morgan fingerprint density at radius 3 is 1.89 bits per heavy atom. The number of amides is 1. The highest BCUT2D eigenvalue weighted by Crippen LogP contribution is 2.61. The number of nitrogens with zero attached hydrogens (tertiary/aromatic N) is 6. The van der Waals surface area contributed by atoms with E-state index in [4.69, 9.17) is 0 Å². The number of hydrogen-bond acceptors (Lipinski definition) is 6. The molecule has 1 amide bonds. The van der Waals surface area contributed by atoms with Crippen LogP contribution in [0.1, 0.15) is 38.7 Å². The summed E-state index contributed by atoms with van der Waals surface area (Å²) in [6, 6.07) is 16.0. The summed E-state index contributed by atoms with van der Waals surface area (Å²) in [5.41, 5.74) is -3.18. The average molecular weight is 374 g/mol. The largest absolute Gasteiger partial charge is 0.274 e. The molecule has 7 nitrogen and oxygen atoms in total. The predicted octanol–water partition coefficient (Wildman–Crippen LogP) is 2.71. The van der Waals surface area contributed by atoms with Gasteiger partial charge in [-0.25, -0.2) is 5.01 Å². The maximum absolute atomic E-state index is 12.5. The van der Waals surface area contributed by atoms with Crippen LogP contribution >= 0.6 is 0 Å². The van der Waals surface area contributed by atoms with Crippen molar-refractivity contribution >= 4 is 5.91 Å². The fourth-order valence-electron chi connectivity index (χ4n) is 4.32. The van der Waals surface area contributed by atoms with Crippen molar-refractivity contribution in [1.82, 2.24) is 10.0 Å². The third kappa shape index (κ3) is 2.78. The second-order valence-corrected chi connectivity index (χ2v) is 6.78. The molecule has 1 aromatic rings. The number of nitriles is 4. The fraction of sp³-hybridized carbons (Fsp3) is 0.476. The number of hydrazine groups is 1. The van der Waals surface area contributed by atoms with E-state index in [-0.39, 0.29) is 12.3 Å². The Morgan fingerprint density at radius 2 is 1.50 bits per heavy atom. The molecule has 1 aromatic carbocycles. The minimum Gasteiger partial charge on any atom is -0.274 e. The fourth-order valence-corrected chi connectivity index (χ4v) is 4.32. The van der Waals surface area contributed by atoms with Gasteiger partial charge in [0.05, 0.1) is 30.3 Å². The molecule has 0 heterocycles. The standard InChI is InChI=1S/C21H22N6O/c1-4-26(5-2)27(16(3)28)19-11-18(17-9-7-6-8-10-17)20(12-22,13-23)21(19,14-24)15-25/h6-10,18-19H,4-5,11H2,1-3H3/t18-,19-/m0/s1. The minimum atomic E-state index is -1.98. The van der Waals surface area contributed by atoms with E-state index in [1.54, 1.807) is 29.3 Å². The minimum absolute atomic E-state index is 0.169. The van der Waals surface area contributed by atoms with Crippen molar-refractivity contribution in [2.24, 2.45) is 10.8 Å². The molecule has 0 radical (unpaired) electrons. The lowest BCUT2D eigenvalue weighted by molar-refractivity contribution is -0.155. The van der Waals surface area contributed by atoms with Crippen LogP contribution in [0.4, 0.5) is 0 Å². The summed E-state index contributed by atoms with van der Waals surface area (Å²) in [6.45, 7) is 6.08. The van der Waals surface area contributed by atoms with Crippen LogP contribution in [-0.2, 0) is 4.79 Å². The monoisotopic (exact) mass is 374 g/mol. The van der Waals surface area contributed by atoms with Gasteiger partial charge in [0.15, 0.2) is 10.8 Å². The molecule has 2 rings (SSSR count). The van der Waals surface area contributed by atoms with Crippen molar-refractivity contribution < 1.29 is 4.79 Å². The lowest BCUT2D eigenvalue weighted by atomic mass is 9.63. The van der Waals surface area contributed by atoms with E-state index in [0.29, 0.717) is 18.7 Å². The molecule has 1 saturated carbocycles. The number of carbonyl (C=O) groups is 1. The van der Waals surface area contributed by atoms with Gasteiger partial charge in [0.1, 0.15) is 0 Å². The van der Waals surface area contributed by atoms with E-state index in [1.807, 2.05) is 44.2 Å². The van der Waals surface area contributed by atoms with Gasteiger partial charge in [-0.3, -0.25) is 9.80 Å². The maximum atomic E-state index is 12.5. The molecular formula is C21H22N6O. The highest BCUT2D eigenvalue weighted by Gasteiger charge is 2.71. The maximum Gasteiger partial charge on any atom is 0.234 e. The van der Waals surface area contributed by atoms with Gasteiger partial charge in [-0.15, -0.1) is 0 Å². The SMILES string of the molecule is CCN(CC)N(C(C)=O)[C@H]1C[C@@H](c2ccccc2)C(C#N)(C#N)C1(C#N)C#N. The van der Waals surface area contributed by atoms with Crippen molar-refractivity contribution in [3.8, 4) is 24.3 Å². The molecule has 28 heavy (non-hydrogen) atoms. The summed E-state index contributed by atoms with van der Waals surface area (Å²) in [5, 5.41) is 43.4. The van der Waals surface area contributed by atoms with E-state index in [0.717, 1.165) is 0 Å². The van der Waals surface area contributed by atoms with E-state index < -0.39 is 22.8 Å². The van der Waals surface area contributed by atoms with E-state index in [1.165, 1.54) is 11.9 Å². The Kier molecular flexibility index (Phi) is 6.05. The molecule has 1 fully saturated rings. The molecule has 0 unspecified atom stereocenters. The van der Waals surface area contributed by atoms with E-state index in [9.17, 15) is 25.8 Å². The van der Waals surface area contributed by atoms with Crippen molar-refractivity contribution in [2.45, 2.75) is 39.2 Å². The topological polar surface area (TPSA) is 119 Å². The first-order valence-corrected chi connectivity index (χ1v) is 9.17. The van der Waals surface area contributed by atoms with Crippen LogP contribution in [0.25, 0.3) is 0 Å². The Hall–Kier alpha value is -3.39.